The number of carbonyl (C=O) groups is 1. The number of rotatable bonds is 4. The van der Waals surface area contributed by atoms with E-state index in [4.69, 9.17) is 4.52 Å². The van der Waals surface area contributed by atoms with Crippen molar-refractivity contribution in [3.63, 3.8) is 0 Å². The Balaban J connectivity index is 1.55. The zero-order valence-corrected chi connectivity index (χ0v) is 17.2. The smallest absolute Gasteiger partial charge is 0.378 e. The Morgan fingerprint density at radius 1 is 1.32 bits per heavy atom. The average molecular weight is 452 g/mol. The lowest BCUT2D eigenvalue weighted by Crippen LogP contribution is -2.44. The first-order chi connectivity index (χ1) is 14.8. The monoisotopic (exact) mass is 452 g/mol. The molecule has 1 aliphatic rings. The number of likely N-dealkylation sites (tertiary alicyclic amines) is 1. The first-order valence-electron chi connectivity index (χ1n) is 9.63. The molecular formula is C20H19F3N4O3S. The number of piperidine rings is 1. The molecule has 1 amide bonds. The molecule has 1 N–H and O–H groups in total. The average Bonchev–Trinajstić information content (AvgIpc) is 3.43. The van der Waals surface area contributed by atoms with Crippen molar-refractivity contribution >= 4 is 17.2 Å². The van der Waals surface area contributed by atoms with Crippen molar-refractivity contribution in [2.24, 2.45) is 0 Å². The molecule has 4 heterocycles. The van der Waals surface area contributed by atoms with Gasteiger partial charge in [-0.2, -0.15) is 13.2 Å². The number of hydrogen-bond donors (Lipinski definition) is 1. The molecular weight excluding hydrogens is 433 g/mol. The minimum atomic E-state index is -4.83. The maximum Gasteiger partial charge on any atom is 0.420 e. The molecule has 31 heavy (non-hydrogen) atoms. The number of aliphatic hydroxyl groups is 1. The summed E-state index contributed by atoms with van der Waals surface area (Å²) in [6.45, 7) is 2.19. The van der Waals surface area contributed by atoms with E-state index in [2.05, 4.69) is 15.1 Å². The number of aliphatic hydroxyl groups excluding tert-OH is 1. The fourth-order valence-corrected chi connectivity index (χ4v) is 4.47. The van der Waals surface area contributed by atoms with Crippen LogP contribution in [0.2, 0.25) is 0 Å². The molecule has 164 valence electrons. The maximum absolute atomic E-state index is 13.3. The highest BCUT2D eigenvalue weighted by Crippen LogP contribution is 2.37. The summed E-state index contributed by atoms with van der Waals surface area (Å²) in [5, 5.41) is 14.6. The van der Waals surface area contributed by atoms with Gasteiger partial charge in [-0.25, -0.2) is 9.97 Å². The van der Waals surface area contributed by atoms with Crippen LogP contribution in [0, 0.1) is 0 Å². The quantitative estimate of drug-likeness (QED) is 0.638. The molecule has 1 aliphatic heterocycles. The minimum absolute atomic E-state index is 0.0589. The summed E-state index contributed by atoms with van der Waals surface area (Å²) in [7, 11) is 0. The number of hydrogen-bond acceptors (Lipinski definition) is 7. The van der Waals surface area contributed by atoms with Crippen LogP contribution in [0.25, 0.3) is 10.7 Å². The molecule has 7 nitrogen and oxygen atoms in total. The molecule has 0 radical (unpaired) electrons. The predicted molar refractivity (Wildman–Crippen MR) is 105 cm³/mol. The Hall–Kier alpha value is -2.79. The molecule has 0 bridgehead atoms. The fourth-order valence-electron chi connectivity index (χ4n) is 3.64. The van der Waals surface area contributed by atoms with E-state index < -0.39 is 18.0 Å². The summed E-state index contributed by atoms with van der Waals surface area (Å²) >= 11 is 1.37. The number of alkyl halides is 3. The predicted octanol–water partition coefficient (Wildman–Crippen LogP) is 4.20. The third-order valence-corrected chi connectivity index (χ3v) is 6.26. The summed E-state index contributed by atoms with van der Waals surface area (Å²) in [6, 6.07) is 4.48. The van der Waals surface area contributed by atoms with Crippen molar-refractivity contribution in [3.8, 4) is 10.7 Å². The summed E-state index contributed by atoms with van der Waals surface area (Å²) < 4.78 is 43.3. The maximum atomic E-state index is 13.3. The Morgan fingerprint density at radius 2 is 2.06 bits per heavy atom. The lowest BCUT2D eigenvalue weighted by molar-refractivity contribution is -0.208. The Kier molecular flexibility index (Phi) is 5.80. The lowest BCUT2D eigenvalue weighted by Gasteiger charge is -2.37. The second-order valence-electron chi connectivity index (χ2n) is 7.41. The van der Waals surface area contributed by atoms with Crippen LogP contribution < -0.4 is 0 Å². The highest BCUT2D eigenvalue weighted by atomic mass is 32.1. The van der Waals surface area contributed by atoms with Crippen LogP contribution in [0.3, 0.4) is 0 Å². The van der Waals surface area contributed by atoms with Gasteiger partial charge in [0.1, 0.15) is 11.5 Å². The lowest BCUT2D eigenvalue weighted by atomic mass is 9.90. The van der Waals surface area contributed by atoms with Crippen LogP contribution in [0.5, 0.6) is 0 Å². The topological polar surface area (TPSA) is 92.4 Å². The Labute approximate surface area is 179 Å². The molecule has 3 atom stereocenters. The highest BCUT2D eigenvalue weighted by molar-refractivity contribution is 7.14. The van der Waals surface area contributed by atoms with Crippen molar-refractivity contribution in [1.29, 1.82) is 0 Å². The first-order valence-corrected chi connectivity index (χ1v) is 10.5. The molecule has 1 fully saturated rings. The second-order valence-corrected chi connectivity index (χ2v) is 8.33. The van der Waals surface area contributed by atoms with E-state index in [1.54, 1.807) is 34.8 Å². The Morgan fingerprint density at radius 3 is 2.77 bits per heavy atom. The molecule has 1 saturated heterocycles. The molecule has 3 aromatic heterocycles. The largest absolute Gasteiger partial charge is 0.420 e. The van der Waals surface area contributed by atoms with Crippen molar-refractivity contribution in [2.75, 3.05) is 6.54 Å². The van der Waals surface area contributed by atoms with E-state index in [-0.39, 0.29) is 30.2 Å². The Bertz CT molecular complexity index is 1050. The third kappa shape index (κ3) is 4.33. The summed E-state index contributed by atoms with van der Waals surface area (Å²) in [6.07, 6.45) is -3.05. The number of thiophene rings is 1. The zero-order valence-electron chi connectivity index (χ0n) is 16.4. The van der Waals surface area contributed by atoms with Crippen molar-refractivity contribution in [3.05, 3.63) is 53.0 Å². The zero-order chi connectivity index (χ0) is 22.2. The summed E-state index contributed by atoms with van der Waals surface area (Å²) in [4.78, 5) is 24.1. The number of halogens is 3. The SMILES string of the molecule is C[C@@H]1CC[C@@H](c2cc(C(O)C(F)(F)F)no2)CN1C(=O)c1ccsc1-c1ncccn1. The van der Waals surface area contributed by atoms with Crippen LogP contribution in [-0.4, -0.2) is 49.8 Å². The van der Waals surface area contributed by atoms with Crippen LogP contribution in [0.1, 0.15) is 53.6 Å². The summed E-state index contributed by atoms with van der Waals surface area (Å²) in [5.74, 6) is 0.163. The van der Waals surface area contributed by atoms with Gasteiger partial charge < -0.3 is 14.5 Å². The highest BCUT2D eigenvalue weighted by Gasteiger charge is 2.42. The van der Waals surface area contributed by atoms with Gasteiger partial charge in [-0.1, -0.05) is 5.16 Å². The third-order valence-electron chi connectivity index (χ3n) is 5.35. The number of carbonyl (C=O) groups excluding carboxylic acids is 1. The number of aromatic nitrogens is 3. The van der Waals surface area contributed by atoms with E-state index in [9.17, 15) is 23.1 Å². The van der Waals surface area contributed by atoms with Crippen LogP contribution >= 0.6 is 11.3 Å². The molecule has 0 aliphatic carbocycles. The van der Waals surface area contributed by atoms with Gasteiger partial charge in [-0.3, -0.25) is 4.79 Å². The van der Waals surface area contributed by atoms with Crippen LogP contribution in [0.15, 0.2) is 40.5 Å². The normalized spacial score (nSPS) is 20.6. The van der Waals surface area contributed by atoms with Gasteiger partial charge in [0, 0.05) is 37.0 Å². The van der Waals surface area contributed by atoms with Gasteiger partial charge in [-0.15, -0.1) is 11.3 Å². The van der Waals surface area contributed by atoms with Gasteiger partial charge in [0.05, 0.1) is 10.4 Å². The van der Waals surface area contributed by atoms with E-state index in [0.29, 0.717) is 29.1 Å². The van der Waals surface area contributed by atoms with Gasteiger partial charge >= 0.3 is 6.18 Å². The van der Waals surface area contributed by atoms with E-state index >= 15 is 0 Å². The fraction of sp³-hybridized carbons (Fsp3) is 0.400. The van der Waals surface area contributed by atoms with Crippen LogP contribution in [-0.2, 0) is 0 Å². The van der Waals surface area contributed by atoms with Crippen molar-refractivity contribution in [2.45, 2.75) is 44.0 Å². The van der Waals surface area contributed by atoms with Crippen molar-refractivity contribution < 1.29 is 27.6 Å². The van der Waals surface area contributed by atoms with Gasteiger partial charge in [0.25, 0.3) is 5.91 Å². The molecule has 4 rings (SSSR count). The molecule has 3 aromatic rings. The molecule has 0 aromatic carbocycles. The molecule has 11 heteroatoms. The first kappa shape index (κ1) is 21.4. The van der Waals surface area contributed by atoms with Gasteiger partial charge in [0.15, 0.2) is 11.9 Å². The standard InChI is InChI=1S/C20H19F3N4O3S/c1-11-3-4-12(15-9-14(26-30-15)17(28)20(21,22)23)10-27(11)19(29)13-5-8-31-16(13)18-24-6-2-7-25-18/h2,5-9,11-12,17,28H,3-4,10H2,1H3/t11-,12-,17?/m1/s1. The molecule has 1 unspecified atom stereocenters. The molecule has 0 spiro atoms. The van der Waals surface area contributed by atoms with Crippen LogP contribution in [0.4, 0.5) is 13.2 Å². The number of nitrogens with zero attached hydrogens (tertiary/aromatic N) is 4. The molecule has 0 saturated carbocycles. The van der Waals surface area contributed by atoms with Gasteiger partial charge in [0.2, 0.25) is 0 Å². The van der Waals surface area contributed by atoms with Gasteiger partial charge in [-0.05, 0) is 37.3 Å². The minimum Gasteiger partial charge on any atom is -0.378 e. The van der Waals surface area contributed by atoms with E-state index in [1.165, 1.54) is 11.3 Å². The van der Waals surface area contributed by atoms with E-state index in [0.717, 1.165) is 6.07 Å². The van der Waals surface area contributed by atoms with Crippen molar-refractivity contribution in [1.82, 2.24) is 20.0 Å². The summed E-state index contributed by atoms with van der Waals surface area (Å²) in [5.41, 5.74) is -0.102. The van der Waals surface area contributed by atoms with E-state index in [1.807, 2.05) is 6.92 Å². The second kappa shape index (κ2) is 8.39. The number of amides is 1.